The van der Waals surface area contributed by atoms with Crippen molar-refractivity contribution in [2.24, 2.45) is 0 Å². The summed E-state index contributed by atoms with van der Waals surface area (Å²) in [4.78, 5) is 23.1. The largest absolute Gasteiger partial charge is 0.295 e. The molecule has 1 aliphatic heterocycles. The van der Waals surface area contributed by atoms with E-state index in [0.717, 1.165) is 16.6 Å². The minimum Gasteiger partial charge on any atom is -0.295 e. The Balaban J connectivity index is 2.13. The highest BCUT2D eigenvalue weighted by Crippen LogP contribution is 2.25. The maximum absolute atomic E-state index is 11.9. The Morgan fingerprint density at radius 1 is 1.50 bits per heavy atom. The van der Waals surface area contributed by atoms with Crippen LogP contribution in [0.5, 0.6) is 0 Å². The van der Waals surface area contributed by atoms with Crippen LogP contribution < -0.4 is 5.32 Å². The Bertz CT molecular complexity index is 692. The van der Waals surface area contributed by atoms with Crippen molar-refractivity contribution in [2.45, 2.75) is 25.8 Å². The van der Waals surface area contributed by atoms with Crippen molar-refractivity contribution in [1.82, 2.24) is 15.1 Å². The molecule has 0 aliphatic carbocycles. The van der Waals surface area contributed by atoms with Crippen LogP contribution in [0.15, 0.2) is 24.2 Å². The van der Waals surface area contributed by atoms with Gasteiger partial charge in [0.2, 0.25) is 5.91 Å². The van der Waals surface area contributed by atoms with Gasteiger partial charge in [-0.3, -0.25) is 19.6 Å². The van der Waals surface area contributed by atoms with Gasteiger partial charge in [0, 0.05) is 11.8 Å². The van der Waals surface area contributed by atoms with Crippen LogP contribution >= 0.6 is 0 Å². The predicted molar refractivity (Wildman–Crippen MR) is 65.9 cm³/mol. The van der Waals surface area contributed by atoms with Gasteiger partial charge < -0.3 is 0 Å². The van der Waals surface area contributed by atoms with Crippen molar-refractivity contribution >= 4 is 22.7 Å². The van der Waals surface area contributed by atoms with E-state index in [4.69, 9.17) is 1.37 Å². The van der Waals surface area contributed by atoms with Crippen molar-refractivity contribution in [3.8, 4) is 0 Å². The average molecular weight is 244 g/mol. The summed E-state index contributed by atoms with van der Waals surface area (Å²) in [5.41, 5.74) is 1.49. The summed E-state index contributed by atoms with van der Waals surface area (Å²) < 4.78 is 9.54. The van der Waals surface area contributed by atoms with Crippen molar-refractivity contribution in [3.05, 3.63) is 29.9 Å². The fraction of sp³-hybridized carbons (Fsp3) is 0.308. The lowest BCUT2D eigenvalue weighted by atomic mass is 10.1. The lowest BCUT2D eigenvalue weighted by molar-refractivity contribution is -0.135. The number of hydrogen-bond acceptors (Lipinski definition) is 3. The van der Waals surface area contributed by atoms with Gasteiger partial charge in [0.25, 0.3) is 5.91 Å². The highest BCUT2D eigenvalue weighted by atomic mass is 16.2. The van der Waals surface area contributed by atoms with E-state index >= 15 is 0 Å². The molecule has 18 heavy (non-hydrogen) atoms. The summed E-state index contributed by atoms with van der Waals surface area (Å²) in [6, 6.07) is 5.24. The van der Waals surface area contributed by atoms with Crippen LogP contribution in [0.3, 0.4) is 0 Å². The molecule has 5 heteroatoms. The topological polar surface area (TPSA) is 64.0 Å². The number of aryl methyl sites for hydroxylation is 1. The lowest BCUT2D eigenvalue weighted by Gasteiger charge is -2.21. The highest BCUT2D eigenvalue weighted by molar-refractivity contribution is 6.00. The monoisotopic (exact) mass is 244 g/mol. The number of carbonyl (C=O) groups is 2. The summed E-state index contributed by atoms with van der Waals surface area (Å²) in [5.74, 6) is -0.563. The number of nitrogens with zero attached hydrogens (tertiary/aromatic N) is 2. The molecule has 0 spiro atoms. The molecule has 92 valence electrons. The quantitative estimate of drug-likeness (QED) is 0.769. The molecule has 1 aromatic heterocycles. The molecule has 0 bridgehead atoms. The Kier molecular flexibility index (Phi) is 2.15. The van der Waals surface area contributed by atoms with E-state index in [1.54, 1.807) is 16.8 Å². The van der Waals surface area contributed by atoms with Gasteiger partial charge in [0.15, 0.2) is 0 Å². The smallest absolute Gasteiger partial charge is 0.251 e. The molecular weight excluding hydrogens is 230 g/mol. The molecule has 0 saturated carbocycles. The van der Waals surface area contributed by atoms with E-state index in [2.05, 4.69) is 10.4 Å². The van der Waals surface area contributed by atoms with Crippen LogP contribution in [-0.2, 0) is 9.59 Å². The predicted octanol–water partition coefficient (Wildman–Crippen LogP) is 1.32. The number of rotatable bonds is 1. The molecule has 3 rings (SSSR count). The van der Waals surface area contributed by atoms with Gasteiger partial charge in [0.05, 0.1) is 12.6 Å². The second-order valence-corrected chi connectivity index (χ2v) is 4.43. The van der Waals surface area contributed by atoms with E-state index < -0.39 is 6.04 Å². The molecule has 1 aromatic carbocycles. The molecule has 2 heterocycles. The number of carbonyl (C=O) groups excluding carboxylic acids is 2. The zero-order valence-electron chi connectivity index (χ0n) is 10.9. The number of piperidine rings is 1. The summed E-state index contributed by atoms with van der Waals surface area (Å²) in [5, 5.41) is 7.46. The Morgan fingerprint density at radius 2 is 2.33 bits per heavy atom. The van der Waals surface area contributed by atoms with E-state index in [0.29, 0.717) is 18.9 Å². The third-order valence-electron chi connectivity index (χ3n) is 3.21. The van der Waals surface area contributed by atoms with Gasteiger partial charge >= 0.3 is 0 Å². The molecule has 1 fully saturated rings. The van der Waals surface area contributed by atoms with E-state index in [1.165, 1.54) is 0 Å². The Morgan fingerprint density at radius 3 is 3.11 bits per heavy atom. The fourth-order valence-electron chi connectivity index (χ4n) is 2.33. The number of nitrogens with one attached hydrogen (secondary N) is 1. The fourth-order valence-corrected chi connectivity index (χ4v) is 2.33. The van der Waals surface area contributed by atoms with Gasteiger partial charge in [-0.2, -0.15) is 5.10 Å². The molecule has 1 atom stereocenters. The second kappa shape index (κ2) is 3.94. The lowest BCUT2D eigenvalue weighted by Crippen LogP contribution is -2.42. The number of hydrogen-bond donors (Lipinski definition) is 1. The van der Waals surface area contributed by atoms with Crippen LogP contribution in [0.2, 0.25) is 0 Å². The van der Waals surface area contributed by atoms with Crippen molar-refractivity contribution < 1.29 is 11.0 Å². The first-order valence-electron chi connectivity index (χ1n) is 6.36. The number of imide groups is 1. The number of aromatic nitrogens is 2. The van der Waals surface area contributed by atoms with Crippen LogP contribution in [0.4, 0.5) is 0 Å². The number of amides is 2. The minimum atomic E-state index is -0.476. The van der Waals surface area contributed by atoms with Gasteiger partial charge in [0.1, 0.15) is 6.04 Å². The molecule has 1 N–H and O–H groups in total. The third-order valence-corrected chi connectivity index (χ3v) is 3.21. The molecule has 2 amide bonds. The average Bonchev–Trinajstić information content (AvgIpc) is 2.68. The molecule has 2 aromatic rings. The first kappa shape index (κ1) is 9.82. The molecule has 0 radical (unpaired) electrons. The number of fused-ring (bicyclic) bond motifs is 1. The van der Waals surface area contributed by atoms with Crippen molar-refractivity contribution in [2.75, 3.05) is 0 Å². The van der Waals surface area contributed by atoms with Crippen molar-refractivity contribution in [1.29, 1.82) is 0 Å². The summed E-state index contributed by atoms with van der Waals surface area (Å²) in [6.45, 7) is 1.82. The van der Waals surface area contributed by atoms with E-state index in [-0.39, 0.29) is 11.8 Å². The first-order valence-corrected chi connectivity index (χ1v) is 5.86. The maximum Gasteiger partial charge on any atom is 0.251 e. The Hall–Kier alpha value is -2.17. The van der Waals surface area contributed by atoms with E-state index in [9.17, 15) is 9.59 Å². The standard InChI is InChI=1S/C13H13N3O2/c1-8-9-4-2-3-5-10(9)16(15-8)11-6-7-12(17)14-13(11)18/h2-5,11H,6-7H2,1H3,(H,14,17,18)/i4D. The van der Waals surface area contributed by atoms with Crippen LogP contribution in [0.1, 0.15) is 25.9 Å². The zero-order valence-corrected chi connectivity index (χ0v) is 9.93. The summed E-state index contributed by atoms with van der Waals surface area (Å²) >= 11 is 0. The van der Waals surface area contributed by atoms with Crippen LogP contribution in [0, 0.1) is 6.92 Å². The van der Waals surface area contributed by atoms with Gasteiger partial charge in [-0.25, -0.2) is 0 Å². The van der Waals surface area contributed by atoms with Crippen LogP contribution in [-0.4, -0.2) is 21.6 Å². The number of para-hydroxylation sites is 1. The minimum absolute atomic E-state index is 0.240. The third kappa shape index (κ3) is 1.59. The SMILES string of the molecule is [2H]c1cccc2c1c(C)nn2C1CCC(=O)NC1=O. The first-order chi connectivity index (χ1) is 9.08. The molecule has 1 saturated heterocycles. The summed E-state index contributed by atoms with van der Waals surface area (Å²) in [7, 11) is 0. The zero-order chi connectivity index (χ0) is 13.6. The van der Waals surface area contributed by atoms with E-state index in [1.807, 2.05) is 13.0 Å². The second-order valence-electron chi connectivity index (χ2n) is 4.43. The highest BCUT2D eigenvalue weighted by Gasteiger charge is 2.29. The normalized spacial score (nSPS) is 20.9. The van der Waals surface area contributed by atoms with Gasteiger partial charge in [-0.15, -0.1) is 0 Å². The Labute approximate surface area is 105 Å². The van der Waals surface area contributed by atoms with Gasteiger partial charge in [-0.05, 0) is 19.4 Å². The molecule has 1 aliphatic rings. The summed E-state index contributed by atoms with van der Waals surface area (Å²) in [6.07, 6.45) is 0.764. The van der Waals surface area contributed by atoms with Crippen molar-refractivity contribution in [3.63, 3.8) is 0 Å². The maximum atomic E-state index is 11.9. The van der Waals surface area contributed by atoms with Crippen LogP contribution in [0.25, 0.3) is 10.9 Å². The molecule has 5 nitrogen and oxygen atoms in total. The molecular formula is C13H13N3O2. The number of benzene rings is 1. The van der Waals surface area contributed by atoms with Gasteiger partial charge in [-0.1, -0.05) is 18.2 Å². The molecule has 1 unspecified atom stereocenters.